The van der Waals surface area contributed by atoms with E-state index in [4.69, 9.17) is 0 Å². The van der Waals surface area contributed by atoms with Crippen molar-refractivity contribution in [1.29, 1.82) is 0 Å². The maximum Gasteiger partial charge on any atom is 0.274 e. The van der Waals surface area contributed by atoms with Crippen molar-refractivity contribution in [2.75, 3.05) is 6.54 Å². The minimum absolute atomic E-state index is 0.0107. The van der Waals surface area contributed by atoms with Crippen LogP contribution < -0.4 is 10.6 Å². The molecule has 32 heavy (non-hydrogen) atoms. The number of hydrogen-bond acceptors (Lipinski definition) is 4. The quantitative estimate of drug-likeness (QED) is 0.596. The molecule has 1 aliphatic carbocycles. The van der Waals surface area contributed by atoms with Gasteiger partial charge in [-0.05, 0) is 68.0 Å². The number of nitrogens with zero attached hydrogens (tertiary/aromatic N) is 3. The van der Waals surface area contributed by atoms with Crippen LogP contribution >= 0.6 is 0 Å². The number of rotatable bonds is 7. The topological polar surface area (TPSA) is 88.9 Å². The van der Waals surface area contributed by atoms with Crippen LogP contribution in [0, 0.1) is 0 Å². The number of carbonyl (C=O) groups excluding carboxylic acids is 2. The number of nitrogens with one attached hydrogen (secondary N) is 2. The van der Waals surface area contributed by atoms with Gasteiger partial charge in [-0.15, -0.1) is 5.10 Å². The zero-order valence-corrected chi connectivity index (χ0v) is 18.6. The lowest BCUT2D eigenvalue weighted by Gasteiger charge is -2.26. The van der Waals surface area contributed by atoms with Gasteiger partial charge in [0.1, 0.15) is 0 Å². The predicted octanol–water partition coefficient (Wildman–Crippen LogP) is 3.78. The first-order valence-electron chi connectivity index (χ1n) is 11.3. The number of aromatic nitrogens is 3. The average molecular weight is 432 g/mol. The number of carbonyl (C=O) groups is 2. The summed E-state index contributed by atoms with van der Waals surface area (Å²) in [5, 5.41) is 14.5. The third-order valence-electron chi connectivity index (χ3n) is 5.85. The molecule has 7 nitrogen and oxygen atoms in total. The van der Waals surface area contributed by atoms with E-state index in [9.17, 15) is 9.59 Å². The van der Waals surface area contributed by atoms with E-state index in [0.29, 0.717) is 24.2 Å². The highest BCUT2D eigenvalue weighted by molar-refractivity contribution is 5.94. The highest BCUT2D eigenvalue weighted by atomic mass is 16.2. The molecule has 166 valence electrons. The van der Waals surface area contributed by atoms with Crippen LogP contribution in [0.15, 0.2) is 48.5 Å². The van der Waals surface area contributed by atoms with Crippen molar-refractivity contribution in [3.8, 4) is 5.69 Å². The fraction of sp³-hybridized carbons (Fsp3) is 0.360. The number of fused-ring (bicyclic) bond motifs is 1. The van der Waals surface area contributed by atoms with Gasteiger partial charge < -0.3 is 10.6 Å². The van der Waals surface area contributed by atoms with E-state index in [1.165, 1.54) is 11.1 Å². The molecule has 4 rings (SSSR count). The van der Waals surface area contributed by atoms with Gasteiger partial charge in [0.15, 0.2) is 5.69 Å². The predicted molar refractivity (Wildman–Crippen MR) is 123 cm³/mol. The molecule has 0 fully saturated rings. The molecule has 7 heteroatoms. The second-order valence-electron chi connectivity index (χ2n) is 8.07. The van der Waals surface area contributed by atoms with Gasteiger partial charge >= 0.3 is 0 Å². The Labute approximate surface area is 188 Å². The zero-order chi connectivity index (χ0) is 22.5. The third-order valence-corrected chi connectivity index (χ3v) is 5.85. The minimum atomic E-state index is -0.194. The fourth-order valence-corrected chi connectivity index (χ4v) is 4.29. The van der Waals surface area contributed by atoms with Crippen LogP contribution in [0.5, 0.6) is 0 Å². The van der Waals surface area contributed by atoms with E-state index in [-0.39, 0.29) is 17.9 Å². The zero-order valence-electron chi connectivity index (χ0n) is 18.6. The highest BCUT2D eigenvalue weighted by Crippen LogP contribution is 2.30. The molecular weight excluding hydrogens is 402 g/mol. The summed E-state index contributed by atoms with van der Waals surface area (Å²) in [4.78, 5) is 25.2. The normalized spacial score (nSPS) is 15.1. The van der Waals surface area contributed by atoms with Gasteiger partial charge in [-0.25, -0.2) is 4.68 Å². The second-order valence-corrected chi connectivity index (χ2v) is 8.07. The Morgan fingerprint density at radius 3 is 2.59 bits per heavy atom. The van der Waals surface area contributed by atoms with Crippen LogP contribution in [-0.4, -0.2) is 33.4 Å². The monoisotopic (exact) mass is 431 g/mol. The molecule has 0 radical (unpaired) electrons. The maximum absolute atomic E-state index is 13.2. The standard InChI is InChI=1S/C25H29N5O2/c1-3-8-22-23(25(32)27-21-12-7-10-17-9-5-6-11-20(17)21)28-29-30(22)19-15-13-18(14-16-19)24(31)26-4-2/h5-6,9,11,13-16,21H,3-4,7-8,10,12H2,1-2H3,(H,26,31)(H,27,32). The molecule has 3 aromatic rings. The van der Waals surface area contributed by atoms with Gasteiger partial charge in [-0.2, -0.15) is 0 Å². The van der Waals surface area contributed by atoms with Crippen molar-refractivity contribution in [2.45, 2.75) is 52.0 Å². The van der Waals surface area contributed by atoms with Crippen molar-refractivity contribution < 1.29 is 9.59 Å². The molecule has 0 spiro atoms. The van der Waals surface area contributed by atoms with Crippen LogP contribution in [0.2, 0.25) is 0 Å². The largest absolute Gasteiger partial charge is 0.352 e. The minimum Gasteiger partial charge on any atom is -0.352 e. The number of amides is 2. The van der Waals surface area contributed by atoms with Crippen LogP contribution in [0.25, 0.3) is 5.69 Å². The van der Waals surface area contributed by atoms with E-state index >= 15 is 0 Å². The first kappa shape index (κ1) is 21.7. The third kappa shape index (κ3) is 4.42. The van der Waals surface area contributed by atoms with Gasteiger partial charge in [0, 0.05) is 12.1 Å². The van der Waals surface area contributed by atoms with Crippen molar-refractivity contribution in [3.05, 3.63) is 76.6 Å². The molecule has 2 amide bonds. The van der Waals surface area contributed by atoms with Crippen molar-refractivity contribution >= 4 is 11.8 Å². The van der Waals surface area contributed by atoms with Gasteiger partial charge in [0.05, 0.1) is 17.4 Å². The first-order valence-corrected chi connectivity index (χ1v) is 11.3. The smallest absolute Gasteiger partial charge is 0.274 e. The Bertz CT molecular complexity index is 1100. The van der Waals surface area contributed by atoms with Crippen molar-refractivity contribution in [2.24, 2.45) is 0 Å². The summed E-state index contributed by atoms with van der Waals surface area (Å²) in [6, 6.07) is 15.5. The summed E-state index contributed by atoms with van der Waals surface area (Å²) in [5.41, 5.74) is 4.99. The van der Waals surface area contributed by atoms with E-state index in [0.717, 1.165) is 37.1 Å². The fourth-order valence-electron chi connectivity index (χ4n) is 4.29. The van der Waals surface area contributed by atoms with E-state index in [1.54, 1.807) is 16.8 Å². The van der Waals surface area contributed by atoms with Gasteiger partial charge in [0.2, 0.25) is 0 Å². The molecule has 1 aromatic heterocycles. The summed E-state index contributed by atoms with van der Waals surface area (Å²) in [6.45, 7) is 4.53. The SMILES string of the molecule is CCCc1c(C(=O)NC2CCCc3ccccc32)nnn1-c1ccc(C(=O)NCC)cc1. The molecule has 0 saturated heterocycles. The Morgan fingerprint density at radius 1 is 1.06 bits per heavy atom. The molecule has 1 aliphatic rings. The van der Waals surface area contributed by atoms with Crippen LogP contribution in [-0.2, 0) is 12.8 Å². The highest BCUT2D eigenvalue weighted by Gasteiger charge is 2.26. The maximum atomic E-state index is 13.2. The van der Waals surface area contributed by atoms with Crippen LogP contribution in [0.4, 0.5) is 0 Å². The van der Waals surface area contributed by atoms with E-state index in [2.05, 4.69) is 40.0 Å². The van der Waals surface area contributed by atoms with Gasteiger partial charge in [-0.1, -0.05) is 42.8 Å². The molecule has 1 unspecified atom stereocenters. The average Bonchev–Trinajstić information content (AvgIpc) is 3.23. The summed E-state index contributed by atoms with van der Waals surface area (Å²) in [5.74, 6) is -0.306. The van der Waals surface area contributed by atoms with E-state index < -0.39 is 0 Å². The Kier molecular flexibility index (Phi) is 6.63. The van der Waals surface area contributed by atoms with E-state index in [1.807, 2.05) is 31.2 Å². The van der Waals surface area contributed by atoms with Gasteiger partial charge in [-0.3, -0.25) is 9.59 Å². The van der Waals surface area contributed by atoms with Crippen molar-refractivity contribution in [3.63, 3.8) is 0 Å². The summed E-state index contributed by atoms with van der Waals surface area (Å²) in [6.07, 6.45) is 4.55. The number of aryl methyl sites for hydroxylation is 1. The lowest BCUT2D eigenvalue weighted by Crippen LogP contribution is -2.32. The molecule has 2 aromatic carbocycles. The molecule has 1 heterocycles. The molecule has 1 atom stereocenters. The van der Waals surface area contributed by atoms with Crippen LogP contribution in [0.3, 0.4) is 0 Å². The van der Waals surface area contributed by atoms with Crippen molar-refractivity contribution in [1.82, 2.24) is 25.6 Å². The Morgan fingerprint density at radius 2 is 1.84 bits per heavy atom. The summed E-state index contributed by atoms with van der Waals surface area (Å²) < 4.78 is 1.70. The molecule has 2 N–H and O–H groups in total. The Hall–Kier alpha value is -3.48. The Balaban J connectivity index is 1.58. The number of benzene rings is 2. The lowest BCUT2D eigenvalue weighted by atomic mass is 9.87. The molecule has 0 saturated carbocycles. The molecule has 0 aliphatic heterocycles. The summed E-state index contributed by atoms with van der Waals surface area (Å²) >= 11 is 0. The van der Waals surface area contributed by atoms with Crippen LogP contribution in [0.1, 0.15) is 76.8 Å². The van der Waals surface area contributed by atoms with Gasteiger partial charge in [0.25, 0.3) is 11.8 Å². The summed E-state index contributed by atoms with van der Waals surface area (Å²) in [7, 11) is 0. The first-order chi connectivity index (χ1) is 15.6. The lowest BCUT2D eigenvalue weighted by molar-refractivity contribution is 0.0924. The molecule has 0 bridgehead atoms. The molecular formula is C25H29N5O2. The second kappa shape index (κ2) is 9.77. The number of hydrogen-bond donors (Lipinski definition) is 2.